The number of rotatable bonds is 6. The predicted octanol–water partition coefficient (Wildman–Crippen LogP) is 2.70. The van der Waals surface area contributed by atoms with E-state index < -0.39 is 11.5 Å². The number of alkyl halides is 3. The summed E-state index contributed by atoms with van der Waals surface area (Å²) in [5.41, 5.74) is -0.189. The second-order valence-corrected chi connectivity index (χ2v) is 3.84. The Bertz CT molecular complexity index is 467. The molecule has 0 bridgehead atoms. The quantitative estimate of drug-likeness (QED) is 0.458. The molecule has 0 N–H and O–H groups in total. The average Bonchev–Trinajstić information content (AvgIpc) is 2.30. The summed E-state index contributed by atoms with van der Waals surface area (Å²) in [6.45, 7) is -3.11. The van der Waals surface area contributed by atoms with Crippen LogP contribution in [0.5, 0.6) is 5.75 Å². The lowest BCUT2D eigenvalue weighted by Gasteiger charge is -2.09. The average molecular weight is 324 g/mol. The normalized spacial score (nSPS) is 10.4. The van der Waals surface area contributed by atoms with Crippen LogP contribution in [0.4, 0.5) is 14.5 Å². The van der Waals surface area contributed by atoms with E-state index >= 15 is 0 Å². The number of halogens is 3. The van der Waals surface area contributed by atoms with Gasteiger partial charge in [-0.3, -0.25) is 14.9 Å². The van der Waals surface area contributed by atoms with Crippen molar-refractivity contribution in [1.82, 2.24) is 0 Å². The molecule has 0 aliphatic rings. The van der Waals surface area contributed by atoms with Crippen molar-refractivity contribution in [2.45, 2.75) is 13.0 Å². The molecule has 1 rings (SSSR count). The van der Waals surface area contributed by atoms with E-state index in [1.54, 1.807) is 0 Å². The largest absolute Gasteiger partial charge is 0.434 e. The maximum Gasteiger partial charge on any atom is 0.387 e. The van der Waals surface area contributed by atoms with Crippen LogP contribution in [0.25, 0.3) is 0 Å². The summed E-state index contributed by atoms with van der Waals surface area (Å²) in [5, 5.41) is 10.6. The standard InChI is InChI=1S/C10H8BrF2NO4/c11-5-8(15)3-6-1-2-7(14(16)17)4-9(6)18-10(12)13/h1-2,4,10H,3,5H2. The summed E-state index contributed by atoms with van der Waals surface area (Å²) in [7, 11) is 0. The number of ketones is 1. The summed E-state index contributed by atoms with van der Waals surface area (Å²) in [5.74, 6) is -0.600. The van der Waals surface area contributed by atoms with Gasteiger partial charge in [0.2, 0.25) is 0 Å². The lowest BCUT2D eigenvalue weighted by atomic mass is 10.1. The number of benzene rings is 1. The zero-order valence-electron chi connectivity index (χ0n) is 8.94. The van der Waals surface area contributed by atoms with Gasteiger partial charge in [0, 0.05) is 18.1 Å². The molecule has 0 spiro atoms. The number of ether oxygens (including phenoxy) is 1. The van der Waals surface area contributed by atoms with Crippen LogP contribution in [-0.4, -0.2) is 22.6 Å². The predicted molar refractivity (Wildman–Crippen MR) is 62.2 cm³/mol. The molecule has 0 atom stereocenters. The molecule has 0 amide bonds. The Labute approximate surface area is 109 Å². The minimum atomic E-state index is -3.11. The Morgan fingerprint density at radius 1 is 1.50 bits per heavy atom. The monoisotopic (exact) mass is 323 g/mol. The zero-order chi connectivity index (χ0) is 13.7. The first-order valence-corrected chi connectivity index (χ1v) is 5.86. The summed E-state index contributed by atoms with van der Waals surface area (Å²) >= 11 is 2.94. The van der Waals surface area contributed by atoms with Crippen LogP contribution in [0.3, 0.4) is 0 Å². The first-order valence-electron chi connectivity index (χ1n) is 4.74. The van der Waals surface area contributed by atoms with Crippen LogP contribution in [0, 0.1) is 10.1 Å². The van der Waals surface area contributed by atoms with Crippen molar-refractivity contribution in [2.75, 3.05) is 5.33 Å². The molecule has 0 fully saturated rings. The topological polar surface area (TPSA) is 69.4 Å². The number of carbonyl (C=O) groups excluding carboxylic acids is 1. The Hall–Kier alpha value is -1.57. The minimum Gasteiger partial charge on any atom is -0.434 e. The second kappa shape index (κ2) is 6.39. The maximum atomic E-state index is 12.2. The number of Topliss-reactive ketones (excluding diaryl/α,β-unsaturated/α-hetero) is 1. The third kappa shape index (κ3) is 4.02. The van der Waals surface area contributed by atoms with Crippen molar-refractivity contribution in [3.63, 3.8) is 0 Å². The van der Waals surface area contributed by atoms with Crippen LogP contribution < -0.4 is 4.74 Å². The number of carbonyl (C=O) groups is 1. The van der Waals surface area contributed by atoms with Crippen molar-refractivity contribution in [3.8, 4) is 5.75 Å². The molecule has 0 radical (unpaired) electrons. The molecule has 0 unspecified atom stereocenters. The highest BCUT2D eigenvalue weighted by molar-refractivity contribution is 9.09. The highest BCUT2D eigenvalue weighted by atomic mass is 79.9. The van der Waals surface area contributed by atoms with Gasteiger partial charge in [-0.25, -0.2) is 0 Å². The molecular formula is C10H8BrF2NO4. The highest BCUT2D eigenvalue weighted by Crippen LogP contribution is 2.27. The smallest absolute Gasteiger partial charge is 0.387 e. The fraction of sp³-hybridized carbons (Fsp3) is 0.300. The highest BCUT2D eigenvalue weighted by Gasteiger charge is 2.16. The molecule has 0 heterocycles. The SMILES string of the molecule is O=C(CBr)Cc1ccc([N+](=O)[O-])cc1OC(F)F. The van der Waals surface area contributed by atoms with Crippen LogP contribution in [-0.2, 0) is 11.2 Å². The molecule has 0 saturated carbocycles. The summed E-state index contributed by atoms with van der Waals surface area (Å²) in [6.07, 6.45) is -0.134. The number of nitro benzene ring substituents is 1. The van der Waals surface area contributed by atoms with E-state index in [0.717, 1.165) is 12.1 Å². The molecule has 18 heavy (non-hydrogen) atoms. The molecule has 5 nitrogen and oxygen atoms in total. The van der Waals surface area contributed by atoms with Gasteiger partial charge in [-0.15, -0.1) is 0 Å². The number of hydrogen-bond donors (Lipinski definition) is 0. The fourth-order valence-corrected chi connectivity index (χ4v) is 1.47. The molecule has 0 saturated heterocycles. The van der Waals surface area contributed by atoms with Crippen LogP contribution in [0.15, 0.2) is 18.2 Å². The molecule has 1 aromatic rings. The third-order valence-electron chi connectivity index (χ3n) is 2.01. The van der Waals surface area contributed by atoms with Crippen molar-refractivity contribution in [2.24, 2.45) is 0 Å². The van der Waals surface area contributed by atoms with E-state index in [-0.39, 0.29) is 34.5 Å². The zero-order valence-corrected chi connectivity index (χ0v) is 10.5. The molecule has 0 aliphatic heterocycles. The van der Waals surface area contributed by atoms with Gasteiger partial charge in [-0.2, -0.15) is 8.78 Å². The van der Waals surface area contributed by atoms with Gasteiger partial charge in [-0.05, 0) is 6.07 Å². The number of nitrogens with zero attached hydrogens (tertiary/aromatic N) is 1. The first-order chi connectivity index (χ1) is 8.43. The summed E-state index contributed by atoms with van der Waals surface area (Å²) in [6, 6.07) is 3.24. The lowest BCUT2D eigenvalue weighted by Crippen LogP contribution is -2.09. The molecule has 1 aromatic carbocycles. The van der Waals surface area contributed by atoms with Crippen molar-refractivity contribution < 1.29 is 23.2 Å². The maximum absolute atomic E-state index is 12.2. The minimum absolute atomic E-state index is 0.0676. The van der Waals surface area contributed by atoms with Gasteiger partial charge in [0.15, 0.2) is 0 Å². The Kier molecular flexibility index (Phi) is 5.14. The lowest BCUT2D eigenvalue weighted by molar-refractivity contribution is -0.385. The van der Waals surface area contributed by atoms with Gasteiger partial charge in [0.05, 0.1) is 16.3 Å². The summed E-state index contributed by atoms with van der Waals surface area (Å²) < 4.78 is 28.5. The van der Waals surface area contributed by atoms with E-state index in [0.29, 0.717) is 0 Å². The molecule has 8 heteroatoms. The molecular weight excluding hydrogens is 316 g/mol. The van der Waals surface area contributed by atoms with E-state index in [1.807, 2.05) is 0 Å². The Morgan fingerprint density at radius 3 is 2.67 bits per heavy atom. The van der Waals surface area contributed by atoms with Gasteiger partial charge < -0.3 is 4.74 Å². The van der Waals surface area contributed by atoms with Crippen LogP contribution in [0.2, 0.25) is 0 Å². The fourth-order valence-electron chi connectivity index (χ4n) is 1.27. The third-order valence-corrected chi connectivity index (χ3v) is 2.64. The van der Waals surface area contributed by atoms with Crippen molar-refractivity contribution in [3.05, 3.63) is 33.9 Å². The van der Waals surface area contributed by atoms with Crippen LogP contribution >= 0.6 is 15.9 Å². The number of non-ortho nitro benzene ring substituents is 1. The van der Waals surface area contributed by atoms with Gasteiger partial charge in [0.1, 0.15) is 11.5 Å². The van der Waals surface area contributed by atoms with Crippen molar-refractivity contribution >= 4 is 27.4 Å². The van der Waals surface area contributed by atoms with E-state index in [2.05, 4.69) is 20.7 Å². The van der Waals surface area contributed by atoms with Gasteiger partial charge >= 0.3 is 6.61 Å². The second-order valence-electron chi connectivity index (χ2n) is 3.28. The van der Waals surface area contributed by atoms with E-state index in [1.165, 1.54) is 6.07 Å². The summed E-state index contributed by atoms with van der Waals surface area (Å²) in [4.78, 5) is 21.0. The molecule has 0 aliphatic carbocycles. The number of nitro groups is 1. The Balaban J connectivity index is 3.07. The van der Waals surface area contributed by atoms with Gasteiger partial charge in [0.25, 0.3) is 5.69 Å². The number of hydrogen-bond acceptors (Lipinski definition) is 4. The van der Waals surface area contributed by atoms with Crippen LogP contribution in [0.1, 0.15) is 5.56 Å². The Morgan fingerprint density at radius 2 is 2.17 bits per heavy atom. The van der Waals surface area contributed by atoms with E-state index in [9.17, 15) is 23.7 Å². The molecule has 98 valence electrons. The first kappa shape index (κ1) is 14.5. The van der Waals surface area contributed by atoms with Gasteiger partial charge in [-0.1, -0.05) is 15.9 Å². The molecule has 0 aromatic heterocycles. The van der Waals surface area contributed by atoms with E-state index in [4.69, 9.17) is 0 Å². The van der Waals surface area contributed by atoms with Crippen molar-refractivity contribution in [1.29, 1.82) is 0 Å².